The smallest absolute Gasteiger partial charge is 0.243 e. The van der Waals surface area contributed by atoms with E-state index >= 15 is 0 Å². The Morgan fingerprint density at radius 3 is 2.96 bits per heavy atom. The lowest BCUT2D eigenvalue weighted by atomic mass is 9.89. The zero-order valence-corrected chi connectivity index (χ0v) is 17.7. The highest BCUT2D eigenvalue weighted by molar-refractivity contribution is 9.10. The maximum Gasteiger partial charge on any atom is 0.243 e. The molecule has 5 nitrogen and oxygen atoms in total. The summed E-state index contributed by atoms with van der Waals surface area (Å²) in [6, 6.07) is 7.58. The molecule has 0 fully saturated rings. The molecule has 0 spiro atoms. The first kappa shape index (κ1) is 18.4. The summed E-state index contributed by atoms with van der Waals surface area (Å²) in [7, 11) is 0. The van der Waals surface area contributed by atoms with Crippen LogP contribution in [-0.4, -0.2) is 22.4 Å². The third-order valence-electron chi connectivity index (χ3n) is 4.83. The van der Waals surface area contributed by atoms with Gasteiger partial charge in [-0.3, -0.25) is 4.79 Å². The van der Waals surface area contributed by atoms with E-state index in [0.29, 0.717) is 5.92 Å². The van der Waals surface area contributed by atoms with Gasteiger partial charge in [0.2, 0.25) is 5.91 Å². The molecule has 2 N–H and O–H groups in total. The summed E-state index contributed by atoms with van der Waals surface area (Å²) < 4.78 is 0.861. The molecule has 3 aromatic rings. The largest absolute Gasteiger partial charge is 0.360 e. The Morgan fingerprint density at radius 1 is 1.33 bits per heavy atom. The van der Waals surface area contributed by atoms with Crippen LogP contribution >= 0.6 is 27.3 Å². The molecule has 4 rings (SSSR count). The third kappa shape index (κ3) is 3.84. The fourth-order valence-electron chi connectivity index (χ4n) is 3.50. The number of carbonyl (C=O) groups excluding carboxylic acids is 1. The number of hydrogen-bond donors (Lipinski definition) is 2. The van der Waals surface area contributed by atoms with Crippen molar-refractivity contribution >= 4 is 54.9 Å². The van der Waals surface area contributed by atoms with E-state index in [1.165, 1.54) is 16.9 Å². The van der Waals surface area contributed by atoms with Crippen LogP contribution in [0, 0.1) is 12.8 Å². The Morgan fingerprint density at radius 2 is 2.15 bits per heavy atom. The van der Waals surface area contributed by atoms with Crippen molar-refractivity contribution in [3.05, 3.63) is 45.0 Å². The van der Waals surface area contributed by atoms with Crippen molar-refractivity contribution in [3.63, 3.8) is 0 Å². The molecule has 0 aliphatic heterocycles. The second kappa shape index (κ2) is 7.56. The van der Waals surface area contributed by atoms with Gasteiger partial charge in [-0.25, -0.2) is 9.97 Å². The van der Waals surface area contributed by atoms with E-state index in [-0.39, 0.29) is 12.5 Å². The maximum atomic E-state index is 12.4. The summed E-state index contributed by atoms with van der Waals surface area (Å²) in [5.41, 5.74) is 2.12. The Kier molecular flexibility index (Phi) is 5.14. The summed E-state index contributed by atoms with van der Waals surface area (Å²) in [6.07, 6.45) is 3.35. The van der Waals surface area contributed by atoms with Crippen molar-refractivity contribution in [2.75, 3.05) is 17.2 Å². The van der Waals surface area contributed by atoms with Gasteiger partial charge in [0.15, 0.2) is 0 Å². The van der Waals surface area contributed by atoms with Crippen LogP contribution in [-0.2, 0) is 17.6 Å². The summed E-state index contributed by atoms with van der Waals surface area (Å²) in [5, 5.41) is 7.26. The van der Waals surface area contributed by atoms with Crippen molar-refractivity contribution in [2.24, 2.45) is 5.92 Å². The van der Waals surface area contributed by atoms with E-state index in [1.54, 1.807) is 11.3 Å². The van der Waals surface area contributed by atoms with Crippen LogP contribution in [0.15, 0.2) is 28.7 Å². The van der Waals surface area contributed by atoms with E-state index in [2.05, 4.69) is 43.5 Å². The molecule has 0 saturated heterocycles. The topological polar surface area (TPSA) is 66.9 Å². The van der Waals surface area contributed by atoms with Crippen molar-refractivity contribution < 1.29 is 4.79 Å². The molecule has 1 amide bonds. The molecule has 0 bridgehead atoms. The fraction of sp³-hybridized carbons (Fsp3) is 0.350. The van der Waals surface area contributed by atoms with Crippen LogP contribution in [0.4, 0.5) is 11.5 Å². The first-order chi connectivity index (χ1) is 13.0. The minimum Gasteiger partial charge on any atom is -0.360 e. The summed E-state index contributed by atoms with van der Waals surface area (Å²) in [6.45, 7) is 4.36. The number of thiophene rings is 1. The Bertz CT molecular complexity index is 1020. The van der Waals surface area contributed by atoms with Crippen LogP contribution in [0.1, 0.15) is 29.6 Å². The van der Waals surface area contributed by atoms with Crippen LogP contribution in [0.5, 0.6) is 0 Å². The van der Waals surface area contributed by atoms with Crippen LogP contribution in [0.2, 0.25) is 0 Å². The lowest BCUT2D eigenvalue weighted by Gasteiger charge is -2.18. The Labute approximate surface area is 170 Å². The van der Waals surface area contributed by atoms with Crippen LogP contribution in [0.25, 0.3) is 10.2 Å². The highest BCUT2D eigenvalue weighted by Crippen LogP contribution is 2.39. The molecule has 2 aromatic heterocycles. The van der Waals surface area contributed by atoms with E-state index in [9.17, 15) is 4.79 Å². The number of halogens is 1. The number of para-hydroxylation sites is 1. The average molecular weight is 445 g/mol. The Balaban J connectivity index is 1.57. The highest BCUT2D eigenvalue weighted by atomic mass is 79.9. The number of anilines is 2. The second-order valence-electron chi connectivity index (χ2n) is 7.03. The van der Waals surface area contributed by atoms with Gasteiger partial charge in [-0.2, -0.15) is 0 Å². The first-order valence-electron chi connectivity index (χ1n) is 9.08. The summed E-state index contributed by atoms with van der Waals surface area (Å²) >= 11 is 5.22. The van der Waals surface area contributed by atoms with Gasteiger partial charge in [0.25, 0.3) is 0 Å². The molecule has 1 atom stereocenters. The monoisotopic (exact) mass is 444 g/mol. The van der Waals surface area contributed by atoms with Gasteiger partial charge < -0.3 is 10.6 Å². The molecule has 1 aliphatic rings. The van der Waals surface area contributed by atoms with E-state index < -0.39 is 0 Å². The molecule has 0 saturated carbocycles. The molecule has 1 aliphatic carbocycles. The normalized spacial score (nSPS) is 16.2. The zero-order valence-electron chi connectivity index (χ0n) is 15.3. The van der Waals surface area contributed by atoms with Gasteiger partial charge >= 0.3 is 0 Å². The van der Waals surface area contributed by atoms with E-state index in [0.717, 1.165) is 44.9 Å². The molecule has 0 radical (unpaired) electrons. The number of nitrogens with one attached hydrogen (secondary N) is 2. The molecular weight excluding hydrogens is 424 g/mol. The molecular formula is C20H21BrN4OS. The van der Waals surface area contributed by atoms with Crippen LogP contribution in [0.3, 0.4) is 0 Å². The molecule has 2 heterocycles. The standard InChI is InChI=1S/C20H21BrN4OS/c1-11-7-8-13-16(9-11)27-20-18(13)19(23-12(2)24-20)22-10-17(26)25-15-6-4-3-5-14(15)21/h3-6,11H,7-10H2,1-2H3,(H,25,26)(H,22,23,24)/t11-/m0/s1. The van der Waals surface area contributed by atoms with E-state index in [4.69, 9.17) is 0 Å². The minimum atomic E-state index is -0.107. The summed E-state index contributed by atoms with van der Waals surface area (Å²) in [4.78, 5) is 24.1. The number of nitrogens with zero attached hydrogens (tertiary/aromatic N) is 2. The zero-order chi connectivity index (χ0) is 19.0. The molecule has 7 heteroatoms. The lowest BCUT2D eigenvalue weighted by molar-refractivity contribution is -0.114. The van der Waals surface area contributed by atoms with E-state index in [1.807, 2.05) is 31.2 Å². The number of aryl methyl sites for hydroxylation is 2. The van der Waals surface area contributed by atoms with Gasteiger partial charge in [0.1, 0.15) is 16.5 Å². The predicted molar refractivity (Wildman–Crippen MR) is 115 cm³/mol. The quantitative estimate of drug-likeness (QED) is 0.597. The highest BCUT2D eigenvalue weighted by Gasteiger charge is 2.23. The predicted octanol–water partition coefficient (Wildman–Crippen LogP) is 4.94. The van der Waals surface area contributed by atoms with Gasteiger partial charge in [0, 0.05) is 9.35 Å². The van der Waals surface area contributed by atoms with Crippen LogP contribution < -0.4 is 10.6 Å². The number of hydrogen-bond acceptors (Lipinski definition) is 5. The van der Waals surface area contributed by atoms with Gasteiger partial charge in [-0.15, -0.1) is 11.3 Å². The first-order valence-corrected chi connectivity index (χ1v) is 10.7. The number of rotatable bonds is 4. The molecule has 1 aromatic carbocycles. The number of aromatic nitrogens is 2. The lowest BCUT2D eigenvalue weighted by Crippen LogP contribution is -2.22. The Hall–Kier alpha value is -1.99. The van der Waals surface area contributed by atoms with Crippen molar-refractivity contribution in [3.8, 4) is 0 Å². The number of carbonyl (C=O) groups is 1. The second-order valence-corrected chi connectivity index (χ2v) is 8.97. The minimum absolute atomic E-state index is 0.107. The van der Waals surface area contributed by atoms with Gasteiger partial charge in [0.05, 0.1) is 17.6 Å². The number of benzene rings is 1. The molecule has 0 unspecified atom stereocenters. The SMILES string of the molecule is Cc1nc(NCC(=O)Nc2ccccc2Br)c2c3c(sc2n1)C[C@@H](C)CC3. The van der Waals surface area contributed by atoms with Crippen molar-refractivity contribution in [2.45, 2.75) is 33.1 Å². The third-order valence-corrected chi connectivity index (χ3v) is 6.67. The number of amides is 1. The van der Waals surface area contributed by atoms with Crippen molar-refractivity contribution in [1.29, 1.82) is 0 Å². The van der Waals surface area contributed by atoms with Gasteiger partial charge in [-0.1, -0.05) is 19.1 Å². The number of fused-ring (bicyclic) bond motifs is 3. The maximum absolute atomic E-state index is 12.4. The summed E-state index contributed by atoms with van der Waals surface area (Å²) in [5.74, 6) is 2.10. The molecule has 140 valence electrons. The molecule has 27 heavy (non-hydrogen) atoms. The van der Waals surface area contributed by atoms with Gasteiger partial charge in [-0.05, 0) is 65.7 Å². The fourth-order valence-corrected chi connectivity index (χ4v) is 5.31. The van der Waals surface area contributed by atoms with Crippen molar-refractivity contribution in [1.82, 2.24) is 9.97 Å². The average Bonchev–Trinajstić information content (AvgIpc) is 2.98.